The van der Waals surface area contributed by atoms with Gasteiger partial charge in [0.1, 0.15) is 0 Å². The fraction of sp³-hybridized carbons (Fsp3) is 0.273. The predicted molar refractivity (Wildman–Crippen MR) is 59.5 cm³/mol. The van der Waals surface area contributed by atoms with E-state index in [9.17, 15) is 9.59 Å². The molecule has 0 spiro atoms. The number of hydrogen-bond donors (Lipinski definition) is 2. The lowest BCUT2D eigenvalue weighted by Crippen LogP contribution is -2.30. The quantitative estimate of drug-likeness (QED) is 0.681. The number of nitrogens with one attached hydrogen (secondary N) is 2. The molecule has 3 amide bonds. The molecular weight excluding hydrogens is 206 g/mol. The summed E-state index contributed by atoms with van der Waals surface area (Å²) in [6.07, 6.45) is 0.937. The van der Waals surface area contributed by atoms with E-state index in [1.165, 1.54) is 4.90 Å². The largest absolute Gasteiger partial charge is 0.384 e. The number of benzene rings is 1. The summed E-state index contributed by atoms with van der Waals surface area (Å²) < 4.78 is 0. The van der Waals surface area contributed by atoms with E-state index in [4.69, 9.17) is 0 Å². The molecular formula is C11H11N3O2. The van der Waals surface area contributed by atoms with Crippen LogP contribution in [0, 0.1) is 0 Å². The van der Waals surface area contributed by atoms with Crippen LogP contribution in [-0.4, -0.2) is 25.0 Å². The standard InChI is InChI=1S/C11H11N3O2/c15-10-6-13-11(16)14(10)8-1-2-9-7(5-8)3-4-12-9/h1-2,5,12H,3-4,6H2,(H,13,16). The first-order valence-electron chi connectivity index (χ1n) is 5.23. The number of anilines is 2. The van der Waals surface area contributed by atoms with Crippen molar-refractivity contribution in [2.45, 2.75) is 6.42 Å². The van der Waals surface area contributed by atoms with E-state index in [1.807, 2.05) is 12.1 Å². The molecule has 0 aliphatic carbocycles. The van der Waals surface area contributed by atoms with Crippen LogP contribution in [0.4, 0.5) is 16.2 Å². The minimum Gasteiger partial charge on any atom is -0.384 e. The number of carbonyl (C=O) groups excluding carboxylic acids is 2. The number of nitrogens with zero attached hydrogens (tertiary/aromatic N) is 1. The second-order valence-corrected chi connectivity index (χ2v) is 3.91. The molecule has 2 heterocycles. The van der Waals surface area contributed by atoms with Crippen LogP contribution in [0.1, 0.15) is 5.56 Å². The molecule has 16 heavy (non-hydrogen) atoms. The first-order valence-corrected chi connectivity index (χ1v) is 5.23. The SMILES string of the molecule is O=C1CNC(=O)N1c1ccc2c(c1)CCN2. The Balaban J connectivity index is 2.00. The molecule has 1 aromatic carbocycles. The first-order chi connectivity index (χ1) is 7.75. The van der Waals surface area contributed by atoms with Crippen LogP contribution < -0.4 is 15.5 Å². The zero-order valence-corrected chi connectivity index (χ0v) is 8.62. The van der Waals surface area contributed by atoms with Crippen LogP contribution in [0.25, 0.3) is 0 Å². The lowest BCUT2D eigenvalue weighted by atomic mass is 10.1. The Labute approximate surface area is 92.4 Å². The number of rotatable bonds is 1. The van der Waals surface area contributed by atoms with Gasteiger partial charge in [-0.2, -0.15) is 0 Å². The van der Waals surface area contributed by atoms with Crippen LogP contribution in [-0.2, 0) is 11.2 Å². The summed E-state index contributed by atoms with van der Waals surface area (Å²) in [6, 6.07) is 5.27. The van der Waals surface area contributed by atoms with Gasteiger partial charge in [-0.15, -0.1) is 0 Å². The van der Waals surface area contributed by atoms with Gasteiger partial charge in [-0.05, 0) is 30.2 Å². The molecule has 0 radical (unpaired) electrons. The van der Waals surface area contributed by atoms with Crippen molar-refractivity contribution in [1.29, 1.82) is 0 Å². The fourth-order valence-corrected chi connectivity index (χ4v) is 2.11. The monoisotopic (exact) mass is 217 g/mol. The van der Waals surface area contributed by atoms with E-state index in [-0.39, 0.29) is 18.5 Å². The second-order valence-electron chi connectivity index (χ2n) is 3.91. The highest BCUT2D eigenvalue weighted by Gasteiger charge is 2.30. The average molecular weight is 217 g/mol. The maximum Gasteiger partial charge on any atom is 0.329 e. The Kier molecular flexibility index (Phi) is 1.86. The van der Waals surface area contributed by atoms with Crippen LogP contribution in [0.3, 0.4) is 0 Å². The molecule has 0 atom stereocenters. The van der Waals surface area contributed by atoms with E-state index < -0.39 is 0 Å². The number of urea groups is 1. The fourth-order valence-electron chi connectivity index (χ4n) is 2.11. The van der Waals surface area contributed by atoms with E-state index in [1.54, 1.807) is 6.07 Å². The van der Waals surface area contributed by atoms with Gasteiger partial charge in [-0.3, -0.25) is 4.79 Å². The van der Waals surface area contributed by atoms with Gasteiger partial charge in [0.25, 0.3) is 5.91 Å². The van der Waals surface area contributed by atoms with Gasteiger partial charge >= 0.3 is 6.03 Å². The van der Waals surface area contributed by atoms with Crippen molar-refractivity contribution in [2.24, 2.45) is 0 Å². The summed E-state index contributed by atoms with van der Waals surface area (Å²) in [7, 11) is 0. The summed E-state index contributed by atoms with van der Waals surface area (Å²) in [5, 5.41) is 5.74. The molecule has 2 N–H and O–H groups in total. The summed E-state index contributed by atoms with van der Waals surface area (Å²) in [6.45, 7) is 1.01. The summed E-state index contributed by atoms with van der Waals surface area (Å²) in [5.74, 6) is -0.198. The van der Waals surface area contributed by atoms with Gasteiger partial charge < -0.3 is 10.6 Å². The topological polar surface area (TPSA) is 61.4 Å². The summed E-state index contributed by atoms with van der Waals surface area (Å²) in [4.78, 5) is 24.2. The molecule has 2 aliphatic heterocycles. The highest BCUT2D eigenvalue weighted by atomic mass is 16.2. The highest BCUT2D eigenvalue weighted by molar-refractivity contribution is 6.19. The molecule has 1 fully saturated rings. The van der Waals surface area contributed by atoms with E-state index in [0.717, 1.165) is 24.2 Å². The molecule has 0 aromatic heterocycles. The van der Waals surface area contributed by atoms with E-state index in [2.05, 4.69) is 10.6 Å². The molecule has 82 valence electrons. The Morgan fingerprint density at radius 3 is 2.81 bits per heavy atom. The minimum absolute atomic E-state index is 0.0914. The Morgan fingerprint density at radius 1 is 1.19 bits per heavy atom. The van der Waals surface area contributed by atoms with Crippen LogP contribution in [0.5, 0.6) is 0 Å². The molecule has 3 rings (SSSR count). The first kappa shape index (κ1) is 9.21. The Morgan fingerprint density at radius 2 is 2.06 bits per heavy atom. The Hall–Kier alpha value is -2.04. The smallest absolute Gasteiger partial charge is 0.329 e. The Bertz CT molecular complexity index is 468. The molecule has 5 nitrogen and oxygen atoms in total. The normalized spacial score (nSPS) is 18.4. The number of carbonyl (C=O) groups is 2. The number of amides is 3. The minimum atomic E-state index is -0.337. The zero-order chi connectivity index (χ0) is 11.1. The number of fused-ring (bicyclic) bond motifs is 1. The molecule has 5 heteroatoms. The lowest BCUT2D eigenvalue weighted by molar-refractivity contribution is -0.115. The van der Waals surface area contributed by atoms with Crippen molar-refractivity contribution in [2.75, 3.05) is 23.3 Å². The lowest BCUT2D eigenvalue weighted by Gasteiger charge is -2.13. The predicted octanol–water partition coefficient (Wildman–Crippen LogP) is 0.711. The molecule has 1 saturated heterocycles. The number of hydrogen-bond acceptors (Lipinski definition) is 3. The maximum absolute atomic E-state index is 11.5. The van der Waals surface area contributed by atoms with Crippen molar-refractivity contribution in [3.63, 3.8) is 0 Å². The molecule has 0 unspecified atom stereocenters. The van der Waals surface area contributed by atoms with Crippen molar-refractivity contribution in [1.82, 2.24) is 5.32 Å². The van der Waals surface area contributed by atoms with Gasteiger partial charge in [-0.25, -0.2) is 9.69 Å². The van der Waals surface area contributed by atoms with Crippen molar-refractivity contribution in [3.8, 4) is 0 Å². The summed E-state index contributed by atoms with van der Waals surface area (Å²) >= 11 is 0. The maximum atomic E-state index is 11.5. The molecule has 0 saturated carbocycles. The third-order valence-corrected chi connectivity index (χ3v) is 2.90. The van der Waals surface area contributed by atoms with Crippen LogP contribution in [0.2, 0.25) is 0 Å². The van der Waals surface area contributed by atoms with Crippen molar-refractivity contribution in [3.05, 3.63) is 23.8 Å². The third kappa shape index (κ3) is 1.25. The van der Waals surface area contributed by atoms with Crippen LogP contribution >= 0.6 is 0 Å². The van der Waals surface area contributed by atoms with Crippen molar-refractivity contribution >= 4 is 23.3 Å². The van der Waals surface area contributed by atoms with Crippen molar-refractivity contribution < 1.29 is 9.59 Å². The summed E-state index contributed by atoms with van der Waals surface area (Å²) in [5.41, 5.74) is 2.91. The van der Waals surface area contributed by atoms with Gasteiger partial charge in [0.15, 0.2) is 0 Å². The number of imide groups is 1. The highest BCUT2D eigenvalue weighted by Crippen LogP contribution is 2.28. The second kappa shape index (κ2) is 3.23. The van der Waals surface area contributed by atoms with Gasteiger partial charge in [0, 0.05) is 12.2 Å². The van der Waals surface area contributed by atoms with Gasteiger partial charge in [0.2, 0.25) is 0 Å². The van der Waals surface area contributed by atoms with E-state index in [0.29, 0.717) is 5.69 Å². The van der Waals surface area contributed by atoms with Gasteiger partial charge in [-0.1, -0.05) is 0 Å². The molecule has 1 aromatic rings. The van der Waals surface area contributed by atoms with E-state index >= 15 is 0 Å². The zero-order valence-electron chi connectivity index (χ0n) is 8.62. The third-order valence-electron chi connectivity index (χ3n) is 2.90. The van der Waals surface area contributed by atoms with Gasteiger partial charge in [0.05, 0.1) is 12.2 Å². The molecule has 2 aliphatic rings. The average Bonchev–Trinajstić information content (AvgIpc) is 2.85. The molecule has 0 bridgehead atoms. The van der Waals surface area contributed by atoms with Crippen LogP contribution in [0.15, 0.2) is 18.2 Å².